The summed E-state index contributed by atoms with van der Waals surface area (Å²) in [5, 5.41) is 0. The lowest BCUT2D eigenvalue weighted by Crippen LogP contribution is -2.32. The van der Waals surface area contributed by atoms with Gasteiger partial charge in [-0.25, -0.2) is 15.0 Å². The van der Waals surface area contributed by atoms with Crippen LogP contribution in [0.4, 0.5) is 0 Å². The molecule has 1 aromatic heterocycles. The highest BCUT2D eigenvalue weighted by Gasteiger charge is 2.51. The van der Waals surface area contributed by atoms with E-state index in [2.05, 4.69) is 171 Å². The average Bonchev–Trinajstić information content (AvgIpc) is 3.49. The second-order valence-corrected chi connectivity index (χ2v) is 14.3. The van der Waals surface area contributed by atoms with E-state index in [1.165, 1.54) is 48.7 Å². The van der Waals surface area contributed by atoms with Crippen molar-refractivity contribution >= 4 is 11.8 Å². The van der Waals surface area contributed by atoms with Crippen LogP contribution in [0.2, 0.25) is 0 Å². The Kier molecular flexibility index (Phi) is 6.87. The summed E-state index contributed by atoms with van der Waals surface area (Å²) in [6.07, 6.45) is 0. The van der Waals surface area contributed by atoms with Crippen LogP contribution in [-0.2, 0) is 5.41 Å². The van der Waals surface area contributed by atoms with Crippen LogP contribution in [0, 0.1) is 6.92 Å². The van der Waals surface area contributed by atoms with Crippen molar-refractivity contribution in [2.24, 2.45) is 0 Å². The SMILES string of the molecule is Cc1cccc(-c2nc(-c3ccc(-c4ccccc4)cc3)nc(-c3cccc4c3C3(c5ccccc5Sc5ccccc53)c3ccccc3-4)n2)c1. The lowest BCUT2D eigenvalue weighted by molar-refractivity contribution is 0.723. The molecule has 1 aliphatic carbocycles. The summed E-state index contributed by atoms with van der Waals surface area (Å²) in [6.45, 7) is 2.11. The van der Waals surface area contributed by atoms with Crippen LogP contribution in [0.15, 0.2) is 180 Å². The largest absolute Gasteiger partial charge is 0.208 e. The monoisotopic (exact) mass is 669 g/mol. The lowest BCUT2D eigenvalue weighted by atomic mass is 9.66. The molecule has 0 atom stereocenters. The number of hydrogen-bond acceptors (Lipinski definition) is 4. The molecule has 51 heavy (non-hydrogen) atoms. The second kappa shape index (κ2) is 11.8. The van der Waals surface area contributed by atoms with Gasteiger partial charge < -0.3 is 0 Å². The van der Waals surface area contributed by atoms with Gasteiger partial charge in [-0.15, -0.1) is 0 Å². The summed E-state index contributed by atoms with van der Waals surface area (Å²) in [5.41, 5.74) is 13.4. The van der Waals surface area contributed by atoms with E-state index >= 15 is 0 Å². The molecule has 0 saturated heterocycles. The van der Waals surface area contributed by atoms with Gasteiger partial charge in [0, 0.05) is 26.5 Å². The molecule has 0 radical (unpaired) electrons. The Balaban J connectivity index is 1.25. The maximum Gasteiger partial charge on any atom is 0.164 e. The van der Waals surface area contributed by atoms with E-state index in [1.54, 1.807) is 0 Å². The van der Waals surface area contributed by atoms with Gasteiger partial charge in [-0.3, -0.25) is 0 Å². The summed E-state index contributed by atoms with van der Waals surface area (Å²) >= 11 is 1.85. The summed E-state index contributed by atoms with van der Waals surface area (Å²) in [6, 6.07) is 60.8. The predicted molar refractivity (Wildman–Crippen MR) is 208 cm³/mol. The molecular formula is C47H31N3S. The van der Waals surface area contributed by atoms with E-state index in [0.29, 0.717) is 17.5 Å². The van der Waals surface area contributed by atoms with E-state index in [-0.39, 0.29) is 0 Å². The average molecular weight is 670 g/mol. The van der Waals surface area contributed by atoms with Gasteiger partial charge in [-0.2, -0.15) is 0 Å². The minimum absolute atomic E-state index is 0.547. The van der Waals surface area contributed by atoms with Crippen LogP contribution in [0.25, 0.3) is 56.4 Å². The fourth-order valence-electron chi connectivity index (χ4n) is 8.08. The zero-order valence-corrected chi connectivity index (χ0v) is 28.7. The van der Waals surface area contributed by atoms with Crippen molar-refractivity contribution < 1.29 is 0 Å². The number of nitrogens with zero attached hydrogens (tertiary/aromatic N) is 3. The number of hydrogen-bond donors (Lipinski definition) is 0. The first-order chi connectivity index (χ1) is 25.2. The Morgan fingerprint density at radius 2 is 0.902 bits per heavy atom. The van der Waals surface area contributed by atoms with Gasteiger partial charge in [-0.05, 0) is 69.6 Å². The maximum atomic E-state index is 5.33. The van der Waals surface area contributed by atoms with Gasteiger partial charge in [0.1, 0.15) is 0 Å². The van der Waals surface area contributed by atoms with Crippen molar-refractivity contribution in [3.05, 3.63) is 198 Å². The highest BCUT2D eigenvalue weighted by Crippen LogP contribution is 2.63. The van der Waals surface area contributed by atoms with Gasteiger partial charge >= 0.3 is 0 Å². The Hall–Kier alpha value is -6.10. The highest BCUT2D eigenvalue weighted by atomic mass is 32.2. The number of aryl methyl sites for hydroxylation is 1. The Morgan fingerprint density at radius 1 is 0.392 bits per heavy atom. The zero-order valence-electron chi connectivity index (χ0n) is 27.9. The number of fused-ring (bicyclic) bond motifs is 9. The normalized spacial score (nSPS) is 13.3. The molecule has 0 amide bonds. The van der Waals surface area contributed by atoms with Gasteiger partial charge in [0.2, 0.25) is 0 Å². The Morgan fingerprint density at radius 3 is 1.63 bits per heavy atom. The third kappa shape index (κ3) is 4.64. The molecular weight excluding hydrogens is 639 g/mol. The minimum Gasteiger partial charge on any atom is -0.208 e. The van der Waals surface area contributed by atoms with Crippen molar-refractivity contribution in [1.29, 1.82) is 0 Å². The molecule has 2 aliphatic rings. The molecule has 2 heterocycles. The molecule has 240 valence electrons. The van der Waals surface area contributed by atoms with Crippen molar-refractivity contribution in [3.8, 4) is 56.4 Å². The number of aromatic nitrogens is 3. The smallest absolute Gasteiger partial charge is 0.164 e. The van der Waals surface area contributed by atoms with Crippen LogP contribution in [0.5, 0.6) is 0 Å². The molecule has 3 nitrogen and oxygen atoms in total. The summed E-state index contributed by atoms with van der Waals surface area (Å²) in [4.78, 5) is 18.3. The summed E-state index contributed by atoms with van der Waals surface area (Å²) < 4.78 is 0. The molecule has 1 aliphatic heterocycles. The quantitative estimate of drug-likeness (QED) is 0.187. The van der Waals surface area contributed by atoms with E-state index in [9.17, 15) is 0 Å². The molecule has 0 unspecified atom stereocenters. The molecule has 0 N–H and O–H groups in total. The molecule has 1 spiro atoms. The molecule has 8 aromatic rings. The fourth-order valence-corrected chi connectivity index (χ4v) is 9.27. The molecule has 0 bridgehead atoms. The third-order valence-electron chi connectivity index (χ3n) is 10.3. The van der Waals surface area contributed by atoms with Gasteiger partial charge in [0.25, 0.3) is 0 Å². The Bertz CT molecular complexity index is 2580. The molecule has 10 rings (SSSR count). The van der Waals surface area contributed by atoms with E-state index < -0.39 is 5.41 Å². The van der Waals surface area contributed by atoms with Crippen LogP contribution < -0.4 is 0 Å². The van der Waals surface area contributed by atoms with Gasteiger partial charge in [0.15, 0.2) is 17.5 Å². The summed E-state index contributed by atoms with van der Waals surface area (Å²) in [5.74, 6) is 1.98. The van der Waals surface area contributed by atoms with E-state index in [4.69, 9.17) is 15.0 Å². The van der Waals surface area contributed by atoms with E-state index in [1.807, 2.05) is 17.8 Å². The van der Waals surface area contributed by atoms with Gasteiger partial charge in [0.05, 0.1) is 5.41 Å². The minimum atomic E-state index is -0.547. The van der Waals surface area contributed by atoms with Crippen molar-refractivity contribution in [3.63, 3.8) is 0 Å². The summed E-state index contributed by atoms with van der Waals surface area (Å²) in [7, 11) is 0. The standard InChI is InChI=1S/C47H31N3S/c1-30-13-11-16-34(29-30)45-48-44(33-27-25-32(26-28-33)31-14-3-2-4-15-31)49-46(50-45)37-19-12-18-36-35-17-5-6-20-38(35)47(43(36)37)39-21-7-9-23-41(39)51-42-24-10-8-22-40(42)47/h2-29H,1H3. The van der Waals surface area contributed by atoms with Gasteiger partial charge in [-0.1, -0.05) is 169 Å². The van der Waals surface area contributed by atoms with E-state index in [0.717, 1.165) is 27.8 Å². The number of rotatable bonds is 4. The maximum absolute atomic E-state index is 5.33. The molecule has 4 heteroatoms. The Labute approximate surface area is 301 Å². The predicted octanol–water partition coefficient (Wildman–Crippen LogP) is 11.7. The number of benzene rings is 7. The molecule has 7 aromatic carbocycles. The highest BCUT2D eigenvalue weighted by molar-refractivity contribution is 7.99. The van der Waals surface area contributed by atoms with Crippen molar-refractivity contribution in [2.45, 2.75) is 22.1 Å². The van der Waals surface area contributed by atoms with Crippen LogP contribution >= 0.6 is 11.8 Å². The first-order valence-electron chi connectivity index (χ1n) is 17.3. The van der Waals surface area contributed by atoms with Crippen LogP contribution in [0.1, 0.15) is 27.8 Å². The van der Waals surface area contributed by atoms with Crippen LogP contribution in [0.3, 0.4) is 0 Å². The second-order valence-electron chi connectivity index (χ2n) is 13.2. The van der Waals surface area contributed by atoms with Crippen molar-refractivity contribution in [2.75, 3.05) is 0 Å². The lowest BCUT2D eigenvalue weighted by Gasteiger charge is -2.40. The van der Waals surface area contributed by atoms with Crippen LogP contribution in [-0.4, -0.2) is 15.0 Å². The third-order valence-corrected chi connectivity index (χ3v) is 11.4. The topological polar surface area (TPSA) is 38.7 Å². The first kappa shape index (κ1) is 29.8. The van der Waals surface area contributed by atoms with Crippen molar-refractivity contribution in [1.82, 2.24) is 15.0 Å². The molecule has 0 saturated carbocycles. The molecule has 0 fully saturated rings. The zero-order chi connectivity index (χ0) is 33.9. The first-order valence-corrected chi connectivity index (χ1v) is 18.1. The fraction of sp³-hybridized carbons (Fsp3) is 0.0426.